The van der Waals surface area contributed by atoms with Crippen LogP contribution in [0.15, 0.2) is 36.9 Å². The average Bonchev–Trinajstić information content (AvgIpc) is 3.12. The number of nitrogens with zero attached hydrogens (tertiary/aromatic N) is 4. The highest BCUT2D eigenvalue weighted by atomic mass is 16.5. The van der Waals surface area contributed by atoms with E-state index in [9.17, 15) is 4.79 Å². The van der Waals surface area contributed by atoms with Crippen LogP contribution in [0.4, 0.5) is 4.79 Å². The zero-order chi connectivity index (χ0) is 17.6. The number of morpholine rings is 1. The molecule has 134 valence electrons. The summed E-state index contributed by atoms with van der Waals surface area (Å²) in [5.74, 6) is 0. The normalized spacial score (nSPS) is 20.5. The van der Waals surface area contributed by atoms with Gasteiger partial charge in [-0.25, -0.2) is 14.5 Å². The largest absolute Gasteiger partial charge is 0.372 e. The second kappa shape index (κ2) is 8.11. The third-order valence-electron chi connectivity index (χ3n) is 4.32. The van der Waals surface area contributed by atoms with Crippen LogP contribution in [0.1, 0.15) is 31.4 Å². The molecule has 1 aromatic carbocycles. The van der Waals surface area contributed by atoms with Crippen molar-refractivity contribution in [1.82, 2.24) is 25.0 Å². The standard InChI is InChI=1S/C18H25N5O2/c1-3-17-11-22(9-14(2)25-17)18(24)20-8-15-5-4-6-16(7-15)10-23-13-19-12-21-23/h4-7,12-14,17H,3,8-11H2,1-2H3,(H,20,24). The first-order valence-electron chi connectivity index (χ1n) is 8.72. The van der Waals surface area contributed by atoms with Gasteiger partial charge in [-0.3, -0.25) is 0 Å². The molecule has 0 radical (unpaired) electrons. The van der Waals surface area contributed by atoms with Crippen LogP contribution in [0.25, 0.3) is 0 Å². The Morgan fingerprint density at radius 1 is 1.36 bits per heavy atom. The number of ether oxygens (including phenoxy) is 1. The minimum Gasteiger partial charge on any atom is -0.372 e. The molecular formula is C18H25N5O2. The van der Waals surface area contributed by atoms with Crippen molar-refractivity contribution in [2.45, 2.75) is 45.6 Å². The molecule has 2 aromatic rings. The maximum atomic E-state index is 12.5. The molecule has 0 saturated carbocycles. The van der Waals surface area contributed by atoms with Crippen molar-refractivity contribution in [3.8, 4) is 0 Å². The van der Waals surface area contributed by atoms with Crippen LogP contribution in [0.2, 0.25) is 0 Å². The average molecular weight is 343 g/mol. The van der Waals surface area contributed by atoms with Gasteiger partial charge in [0.2, 0.25) is 0 Å². The van der Waals surface area contributed by atoms with Crippen molar-refractivity contribution in [1.29, 1.82) is 0 Å². The van der Waals surface area contributed by atoms with Gasteiger partial charge in [0.05, 0.1) is 18.8 Å². The number of amides is 2. The van der Waals surface area contributed by atoms with Gasteiger partial charge in [0.1, 0.15) is 12.7 Å². The van der Waals surface area contributed by atoms with E-state index in [0.717, 1.165) is 17.5 Å². The first-order chi connectivity index (χ1) is 12.1. The Hall–Kier alpha value is -2.41. The Kier molecular flexibility index (Phi) is 5.65. The van der Waals surface area contributed by atoms with Gasteiger partial charge in [-0.15, -0.1) is 0 Å². The zero-order valence-corrected chi connectivity index (χ0v) is 14.8. The third-order valence-corrected chi connectivity index (χ3v) is 4.32. The van der Waals surface area contributed by atoms with Crippen LogP contribution in [0.3, 0.4) is 0 Å². The summed E-state index contributed by atoms with van der Waals surface area (Å²) in [4.78, 5) is 18.3. The minimum atomic E-state index is -0.0321. The van der Waals surface area contributed by atoms with Crippen LogP contribution in [-0.2, 0) is 17.8 Å². The summed E-state index contributed by atoms with van der Waals surface area (Å²) in [6.45, 7) is 6.55. The van der Waals surface area contributed by atoms with Gasteiger partial charge in [-0.1, -0.05) is 31.2 Å². The van der Waals surface area contributed by atoms with Crippen LogP contribution >= 0.6 is 0 Å². The molecule has 3 rings (SSSR count). The van der Waals surface area contributed by atoms with E-state index in [1.54, 1.807) is 11.0 Å². The summed E-state index contributed by atoms with van der Waals surface area (Å²) in [7, 11) is 0. The Morgan fingerprint density at radius 2 is 2.20 bits per heavy atom. The molecule has 25 heavy (non-hydrogen) atoms. The van der Waals surface area contributed by atoms with Crippen LogP contribution < -0.4 is 5.32 Å². The first kappa shape index (κ1) is 17.4. The van der Waals surface area contributed by atoms with E-state index in [4.69, 9.17) is 4.74 Å². The van der Waals surface area contributed by atoms with E-state index in [2.05, 4.69) is 28.4 Å². The fourth-order valence-corrected chi connectivity index (χ4v) is 3.07. The van der Waals surface area contributed by atoms with E-state index in [1.165, 1.54) is 6.33 Å². The van der Waals surface area contributed by atoms with Gasteiger partial charge >= 0.3 is 6.03 Å². The Morgan fingerprint density at radius 3 is 2.96 bits per heavy atom. The smallest absolute Gasteiger partial charge is 0.317 e. The van der Waals surface area contributed by atoms with Gasteiger partial charge in [0.25, 0.3) is 0 Å². The monoisotopic (exact) mass is 343 g/mol. The number of benzene rings is 1. The lowest BCUT2D eigenvalue weighted by atomic mass is 10.1. The molecule has 2 atom stereocenters. The summed E-state index contributed by atoms with van der Waals surface area (Å²) in [5, 5.41) is 7.13. The summed E-state index contributed by atoms with van der Waals surface area (Å²) >= 11 is 0. The molecular weight excluding hydrogens is 318 g/mol. The van der Waals surface area contributed by atoms with Crippen molar-refractivity contribution >= 4 is 6.03 Å². The van der Waals surface area contributed by atoms with Gasteiger partial charge in [-0.2, -0.15) is 5.10 Å². The highest BCUT2D eigenvalue weighted by Crippen LogP contribution is 2.14. The van der Waals surface area contributed by atoms with Crippen LogP contribution in [-0.4, -0.2) is 51.0 Å². The number of rotatable bonds is 5. The van der Waals surface area contributed by atoms with Crippen molar-refractivity contribution < 1.29 is 9.53 Å². The number of aromatic nitrogens is 3. The zero-order valence-electron chi connectivity index (χ0n) is 14.8. The van der Waals surface area contributed by atoms with Gasteiger partial charge in [0.15, 0.2) is 0 Å². The van der Waals surface area contributed by atoms with Crippen molar-refractivity contribution in [2.24, 2.45) is 0 Å². The number of hydrogen-bond acceptors (Lipinski definition) is 4. The molecule has 2 heterocycles. The van der Waals surface area contributed by atoms with E-state index in [1.807, 2.05) is 30.0 Å². The second-order valence-corrected chi connectivity index (χ2v) is 6.45. The predicted octanol–water partition coefficient (Wildman–Crippen LogP) is 2.04. The summed E-state index contributed by atoms with van der Waals surface area (Å²) in [6.07, 6.45) is 4.34. The van der Waals surface area contributed by atoms with Crippen molar-refractivity contribution in [3.63, 3.8) is 0 Å². The minimum absolute atomic E-state index is 0.0321. The molecule has 1 N–H and O–H groups in total. The summed E-state index contributed by atoms with van der Waals surface area (Å²) in [5.41, 5.74) is 2.20. The number of hydrogen-bond donors (Lipinski definition) is 1. The number of urea groups is 1. The molecule has 7 nitrogen and oxygen atoms in total. The third kappa shape index (κ3) is 4.79. The Bertz CT molecular complexity index is 689. The SMILES string of the molecule is CCC1CN(C(=O)NCc2cccc(Cn3cncn3)c2)CC(C)O1. The second-order valence-electron chi connectivity index (χ2n) is 6.45. The number of nitrogens with one attached hydrogen (secondary N) is 1. The van der Waals surface area contributed by atoms with E-state index in [0.29, 0.717) is 26.2 Å². The lowest BCUT2D eigenvalue weighted by Gasteiger charge is -2.36. The molecule has 7 heteroatoms. The van der Waals surface area contributed by atoms with Crippen LogP contribution in [0.5, 0.6) is 0 Å². The van der Waals surface area contributed by atoms with Gasteiger partial charge in [-0.05, 0) is 24.5 Å². The number of carbonyl (C=O) groups excluding carboxylic acids is 1. The molecule has 0 aliphatic carbocycles. The molecule has 2 amide bonds. The molecule has 1 saturated heterocycles. The molecule has 1 aliphatic heterocycles. The molecule has 0 bridgehead atoms. The lowest BCUT2D eigenvalue weighted by Crippen LogP contribution is -2.52. The highest BCUT2D eigenvalue weighted by Gasteiger charge is 2.27. The molecule has 1 fully saturated rings. The van der Waals surface area contributed by atoms with E-state index >= 15 is 0 Å². The highest BCUT2D eigenvalue weighted by molar-refractivity contribution is 5.74. The van der Waals surface area contributed by atoms with Gasteiger partial charge in [0, 0.05) is 19.6 Å². The maximum Gasteiger partial charge on any atom is 0.317 e. The molecule has 1 aromatic heterocycles. The quantitative estimate of drug-likeness (QED) is 0.902. The fraction of sp³-hybridized carbons (Fsp3) is 0.500. The van der Waals surface area contributed by atoms with E-state index in [-0.39, 0.29) is 18.2 Å². The lowest BCUT2D eigenvalue weighted by molar-refractivity contribution is -0.0646. The topological polar surface area (TPSA) is 72.3 Å². The molecule has 2 unspecified atom stereocenters. The summed E-state index contributed by atoms with van der Waals surface area (Å²) in [6, 6.07) is 8.11. The number of carbonyl (C=O) groups is 1. The van der Waals surface area contributed by atoms with Gasteiger partial charge < -0.3 is 15.0 Å². The Labute approximate surface area is 148 Å². The molecule has 0 spiro atoms. The van der Waals surface area contributed by atoms with Crippen molar-refractivity contribution in [2.75, 3.05) is 13.1 Å². The Balaban J connectivity index is 1.55. The predicted molar refractivity (Wildman–Crippen MR) is 94.0 cm³/mol. The maximum absolute atomic E-state index is 12.5. The van der Waals surface area contributed by atoms with Crippen molar-refractivity contribution in [3.05, 3.63) is 48.0 Å². The van der Waals surface area contributed by atoms with Crippen LogP contribution in [0, 0.1) is 0 Å². The molecule has 1 aliphatic rings. The summed E-state index contributed by atoms with van der Waals surface area (Å²) < 4.78 is 7.58. The first-order valence-corrected chi connectivity index (χ1v) is 8.72. The fourth-order valence-electron chi connectivity index (χ4n) is 3.07. The van der Waals surface area contributed by atoms with E-state index < -0.39 is 0 Å².